The molecule has 1 aromatic carbocycles. The molecule has 2 heterocycles. The van der Waals surface area contributed by atoms with Crippen LogP contribution in [0.2, 0.25) is 0 Å². The molecule has 0 spiro atoms. The van der Waals surface area contributed by atoms with Crippen molar-refractivity contribution in [2.24, 2.45) is 23.7 Å². The van der Waals surface area contributed by atoms with Crippen LogP contribution in [0.3, 0.4) is 0 Å². The van der Waals surface area contributed by atoms with Gasteiger partial charge in [-0.1, -0.05) is 18.2 Å². The van der Waals surface area contributed by atoms with Gasteiger partial charge in [-0.3, -0.25) is 14.4 Å². The van der Waals surface area contributed by atoms with Crippen LogP contribution in [-0.2, 0) is 9.59 Å². The molecule has 2 aliphatic heterocycles. The molecule has 3 amide bonds. The number of rotatable bonds is 2. The van der Waals surface area contributed by atoms with Gasteiger partial charge in [0.2, 0.25) is 11.8 Å². The Bertz CT molecular complexity index is 823. The van der Waals surface area contributed by atoms with Crippen molar-refractivity contribution in [2.75, 3.05) is 18.0 Å². The lowest BCUT2D eigenvalue weighted by atomic mass is 9.85. The number of imide groups is 1. The summed E-state index contributed by atoms with van der Waals surface area (Å²) in [7, 11) is 0. The van der Waals surface area contributed by atoms with Crippen LogP contribution in [0.15, 0.2) is 30.4 Å². The Labute approximate surface area is 152 Å². The normalized spacial score (nSPS) is 32.0. The third-order valence-electron chi connectivity index (χ3n) is 6.64. The van der Waals surface area contributed by atoms with Gasteiger partial charge in [0.1, 0.15) is 0 Å². The van der Waals surface area contributed by atoms with E-state index in [1.807, 2.05) is 11.8 Å². The SMILES string of the molecule is Cc1c(C(=O)N2CCCC2)cccc1N1C(=O)[C@@H]2[C@H](C1=O)[C@H]1C=C[C@H]2C1. The average molecular weight is 350 g/mol. The van der Waals surface area contributed by atoms with E-state index in [4.69, 9.17) is 0 Å². The number of hydrogen-bond acceptors (Lipinski definition) is 3. The van der Waals surface area contributed by atoms with Gasteiger partial charge in [0.25, 0.3) is 5.91 Å². The predicted octanol–water partition coefficient (Wildman–Crippen LogP) is 2.54. The maximum atomic E-state index is 13.1. The van der Waals surface area contributed by atoms with Crippen molar-refractivity contribution in [1.29, 1.82) is 0 Å². The highest BCUT2D eigenvalue weighted by molar-refractivity contribution is 6.23. The smallest absolute Gasteiger partial charge is 0.254 e. The quantitative estimate of drug-likeness (QED) is 0.608. The van der Waals surface area contributed by atoms with Gasteiger partial charge in [0, 0.05) is 18.7 Å². The van der Waals surface area contributed by atoms with Gasteiger partial charge >= 0.3 is 0 Å². The van der Waals surface area contributed by atoms with Crippen LogP contribution < -0.4 is 4.90 Å². The minimum Gasteiger partial charge on any atom is -0.339 e. The Kier molecular flexibility index (Phi) is 3.36. The fourth-order valence-electron chi connectivity index (χ4n) is 5.33. The minimum absolute atomic E-state index is 0.00266. The van der Waals surface area contributed by atoms with Crippen LogP contribution >= 0.6 is 0 Å². The third-order valence-corrected chi connectivity index (χ3v) is 6.64. The number of allylic oxidation sites excluding steroid dienone is 2. The molecule has 0 aromatic heterocycles. The average Bonchev–Trinajstić information content (AvgIpc) is 3.40. The second-order valence-corrected chi connectivity index (χ2v) is 7.96. The summed E-state index contributed by atoms with van der Waals surface area (Å²) < 4.78 is 0. The first-order valence-electron chi connectivity index (χ1n) is 9.53. The number of anilines is 1. The molecule has 4 aliphatic rings. The Morgan fingerprint density at radius 1 is 1.00 bits per heavy atom. The van der Waals surface area contributed by atoms with E-state index in [0.29, 0.717) is 11.3 Å². The monoisotopic (exact) mass is 350 g/mol. The Morgan fingerprint density at radius 3 is 2.23 bits per heavy atom. The molecule has 0 radical (unpaired) electrons. The van der Waals surface area contributed by atoms with E-state index in [0.717, 1.165) is 37.9 Å². The highest BCUT2D eigenvalue weighted by atomic mass is 16.2. The lowest BCUT2D eigenvalue weighted by Gasteiger charge is -2.22. The molecule has 1 saturated carbocycles. The zero-order chi connectivity index (χ0) is 18.0. The van der Waals surface area contributed by atoms with Crippen LogP contribution in [0.4, 0.5) is 5.69 Å². The first kappa shape index (κ1) is 15.8. The predicted molar refractivity (Wildman–Crippen MR) is 96.5 cm³/mol. The summed E-state index contributed by atoms with van der Waals surface area (Å²) in [6, 6.07) is 5.38. The molecule has 5 heteroatoms. The van der Waals surface area contributed by atoms with Crippen molar-refractivity contribution in [3.05, 3.63) is 41.5 Å². The largest absolute Gasteiger partial charge is 0.339 e. The molecule has 1 aromatic rings. The lowest BCUT2D eigenvalue weighted by Crippen LogP contribution is -2.34. The van der Waals surface area contributed by atoms with Crippen molar-refractivity contribution in [2.45, 2.75) is 26.2 Å². The summed E-state index contributed by atoms with van der Waals surface area (Å²) in [6.45, 7) is 3.41. The molecule has 2 bridgehead atoms. The van der Waals surface area contributed by atoms with Crippen molar-refractivity contribution in [3.63, 3.8) is 0 Å². The first-order valence-corrected chi connectivity index (χ1v) is 9.53. The van der Waals surface area contributed by atoms with Gasteiger partial charge in [-0.15, -0.1) is 0 Å². The highest BCUT2D eigenvalue weighted by Gasteiger charge is 2.59. The topological polar surface area (TPSA) is 57.7 Å². The van der Waals surface area contributed by atoms with E-state index in [-0.39, 0.29) is 41.4 Å². The number of nitrogens with zero attached hydrogens (tertiary/aromatic N) is 2. The molecule has 2 aliphatic carbocycles. The van der Waals surface area contributed by atoms with E-state index >= 15 is 0 Å². The molecule has 3 fully saturated rings. The summed E-state index contributed by atoms with van der Waals surface area (Å²) in [5.41, 5.74) is 1.91. The molecule has 134 valence electrons. The van der Waals surface area contributed by atoms with Crippen molar-refractivity contribution in [3.8, 4) is 0 Å². The Hall–Kier alpha value is -2.43. The lowest BCUT2D eigenvalue weighted by molar-refractivity contribution is -0.123. The second-order valence-electron chi connectivity index (χ2n) is 7.96. The minimum atomic E-state index is -0.213. The third kappa shape index (κ3) is 2.00. The number of likely N-dealkylation sites (tertiary alicyclic amines) is 1. The summed E-state index contributed by atoms with van der Waals surface area (Å²) >= 11 is 0. The van der Waals surface area contributed by atoms with E-state index < -0.39 is 0 Å². The van der Waals surface area contributed by atoms with Crippen LogP contribution in [0.1, 0.15) is 35.2 Å². The van der Waals surface area contributed by atoms with Crippen molar-refractivity contribution >= 4 is 23.4 Å². The number of carbonyl (C=O) groups is 3. The molecule has 0 N–H and O–H groups in total. The number of carbonyl (C=O) groups excluding carboxylic acids is 3. The standard InChI is InChI=1S/C21H22N2O3/c1-12-15(19(24)22-9-2-3-10-22)5-4-6-16(12)23-20(25)17-13-7-8-14(11-13)18(17)21(23)26/h4-8,13-14,17-18H,2-3,9-11H2,1H3/t13-,14-,17-,18+/m0/s1. The van der Waals surface area contributed by atoms with Crippen molar-refractivity contribution < 1.29 is 14.4 Å². The number of fused-ring (bicyclic) bond motifs is 5. The maximum absolute atomic E-state index is 13.1. The summed E-state index contributed by atoms with van der Waals surface area (Å²) in [4.78, 5) is 42.2. The van der Waals surface area contributed by atoms with Gasteiger partial charge in [-0.25, -0.2) is 4.90 Å². The molecular formula is C21H22N2O3. The Balaban J connectivity index is 1.51. The Morgan fingerprint density at radius 2 is 1.62 bits per heavy atom. The van der Waals surface area contributed by atoms with Gasteiger partial charge in [-0.05, 0) is 55.7 Å². The first-order chi connectivity index (χ1) is 12.6. The highest BCUT2D eigenvalue weighted by Crippen LogP contribution is 2.53. The van der Waals surface area contributed by atoms with Crippen LogP contribution in [0.25, 0.3) is 0 Å². The second kappa shape index (κ2) is 5.53. The molecule has 26 heavy (non-hydrogen) atoms. The van der Waals surface area contributed by atoms with Crippen molar-refractivity contribution in [1.82, 2.24) is 4.90 Å². The molecular weight excluding hydrogens is 328 g/mol. The number of amides is 3. The van der Waals surface area contributed by atoms with E-state index in [9.17, 15) is 14.4 Å². The molecule has 4 atom stereocenters. The molecule has 5 nitrogen and oxygen atoms in total. The van der Waals surface area contributed by atoms with Crippen LogP contribution in [0, 0.1) is 30.6 Å². The summed E-state index contributed by atoms with van der Waals surface area (Å²) in [5.74, 6) is -0.216. The van der Waals surface area contributed by atoms with E-state index in [2.05, 4.69) is 12.2 Å². The number of hydrogen-bond donors (Lipinski definition) is 0. The maximum Gasteiger partial charge on any atom is 0.254 e. The summed E-state index contributed by atoms with van der Waals surface area (Å²) in [6.07, 6.45) is 7.19. The molecule has 0 unspecified atom stereocenters. The van der Waals surface area contributed by atoms with Crippen LogP contribution in [-0.4, -0.2) is 35.7 Å². The van der Waals surface area contributed by atoms with Gasteiger partial charge in [0.05, 0.1) is 17.5 Å². The van der Waals surface area contributed by atoms with Gasteiger partial charge in [-0.2, -0.15) is 0 Å². The van der Waals surface area contributed by atoms with Crippen LogP contribution in [0.5, 0.6) is 0 Å². The van der Waals surface area contributed by atoms with Gasteiger partial charge < -0.3 is 4.90 Å². The molecule has 5 rings (SSSR count). The van der Waals surface area contributed by atoms with E-state index in [1.54, 1.807) is 18.2 Å². The zero-order valence-electron chi connectivity index (χ0n) is 14.9. The molecule has 2 saturated heterocycles. The van der Waals surface area contributed by atoms with E-state index in [1.165, 1.54) is 4.90 Å². The zero-order valence-corrected chi connectivity index (χ0v) is 14.9. The summed E-state index contributed by atoms with van der Waals surface area (Å²) in [5, 5.41) is 0. The number of benzene rings is 1. The fourth-order valence-corrected chi connectivity index (χ4v) is 5.33. The van der Waals surface area contributed by atoms with Gasteiger partial charge in [0.15, 0.2) is 0 Å². The fraction of sp³-hybridized carbons (Fsp3) is 0.476.